The van der Waals surface area contributed by atoms with Crippen LogP contribution in [0.1, 0.15) is 18.4 Å². The van der Waals surface area contributed by atoms with Crippen molar-refractivity contribution in [2.24, 2.45) is 0 Å². The summed E-state index contributed by atoms with van der Waals surface area (Å²) in [5.74, 6) is -1.95. The topological polar surface area (TPSA) is 41.1 Å². The lowest BCUT2D eigenvalue weighted by atomic mass is 10.1. The fourth-order valence-corrected chi connectivity index (χ4v) is 2.08. The molecule has 18 heavy (non-hydrogen) atoms. The molecule has 0 unspecified atom stereocenters. The van der Waals surface area contributed by atoms with Gasteiger partial charge in [0.2, 0.25) is 5.91 Å². The first-order valence-corrected chi connectivity index (χ1v) is 6.09. The van der Waals surface area contributed by atoms with Gasteiger partial charge in [-0.3, -0.25) is 4.79 Å². The van der Waals surface area contributed by atoms with Crippen molar-refractivity contribution >= 4 is 5.91 Å². The van der Waals surface area contributed by atoms with Crippen LogP contribution in [0.5, 0.6) is 0 Å². The maximum atomic E-state index is 13.0. The zero-order valence-corrected chi connectivity index (χ0v) is 10.0. The van der Waals surface area contributed by atoms with Crippen LogP contribution in [0.3, 0.4) is 0 Å². The summed E-state index contributed by atoms with van der Waals surface area (Å²) in [4.78, 5) is 11.7. The Morgan fingerprint density at radius 3 is 2.67 bits per heavy atom. The van der Waals surface area contributed by atoms with E-state index in [4.69, 9.17) is 0 Å². The minimum Gasteiger partial charge on any atom is -0.353 e. The Bertz CT molecular complexity index is 431. The quantitative estimate of drug-likeness (QED) is 0.855. The van der Waals surface area contributed by atoms with Crippen molar-refractivity contribution in [1.82, 2.24) is 10.6 Å². The first-order chi connectivity index (χ1) is 8.65. The molecule has 1 heterocycles. The van der Waals surface area contributed by atoms with Gasteiger partial charge in [-0.1, -0.05) is 6.07 Å². The number of carbonyl (C=O) groups excluding carboxylic acids is 1. The highest BCUT2D eigenvalue weighted by molar-refractivity contribution is 5.78. The van der Waals surface area contributed by atoms with Gasteiger partial charge in [0.25, 0.3) is 0 Å². The molecule has 0 radical (unpaired) electrons. The maximum Gasteiger partial charge on any atom is 0.224 e. The monoisotopic (exact) mass is 254 g/mol. The molecule has 0 saturated carbocycles. The Labute approximate surface area is 105 Å². The van der Waals surface area contributed by atoms with E-state index in [1.54, 1.807) is 0 Å². The standard InChI is InChI=1S/C13H16F2N2O/c14-11-2-1-9(7-12(11)15)8-13(18)17-10-3-5-16-6-4-10/h1-2,7,10,16H,3-6,8H2,(H,17,18). The molecule has 1 aliphatic heterocycles. The van der Waals surface area contributed by atoms with Gasteiger partial charge in [-0.2, -0.15) is 0 Å². The number of rotatable bonds is 3. The number of halogens is 2. The van der Waals surface area contributed by atoms with E-state index in [2.05, 4.69) is 10.6 Å². The van der Waals surface area contributed by atoms with E-state index in [1.807, 2.05) is 0 Å². The second kappa shape index (κ2) is 5.91. The van der Waals surface area contributed by atoms with E-state index in [1.165, 1.54) is 6.07 Å². The van der Waals surface area contributed by atoms with Gasteiger partial charge in [0.05, 0.1) is 6.42 Å². The van der Waals surface area contributed by atoms with Gasteiger partial charge in [-0.25, -0.2) is 8.78 Å². The van der Waals surface area contributed by atoms with Crippen molar-refractivity contribution in [3.05, 3.63) is 35.4 Å². The van der Waals surface area contributed by atoms with Gasteiger partial charge in [0.15, 0.2) is 11.6 Å². The third-order valence-corrected chi connectivity index (χ3v) is 3.05. The molecule has 0 aromatic heterocycles. The SMILES string of the molecule is O=C(Cc1ccc(F)c(F)c1)NC1CCNCC1. The lowest BCUT2D eigenvalue weighted by Gasteiger charge is -2.23. The van der Waals surface area contributed by atoms with Crippen LogP contribution in [0.2, 0.25) is 0 Å². The van der Waals surface area contributed by atoms with Gasteiger partial charge in [0, 0.05) is 6.04 Å². The summed E-state index contributed by atoms with van der Waals surface area (Å²) in [6, 6.07) is 3.73. The molecule has 0 atom stereocenters. The molecule has 2 N–H and O–H groups in total. The average molecular weight is 254 g/mol. The molecule has 5 heteroatoms. The van der Waals surface area contributed by atoms with Crippen molar-refractivity contribution < 1.29 is 13.6 Å². The smallest absolute Gasteiger partial charge is 0.224 e. The van der Waals surface area contributed by atoms with Crippen LogP contribution in [0, 0.1) is 11.6 Å². The fourth-order valence-electron chi connectivity index (χ4n) is 2.08. The largest absolute Gasteiger partial charge is 0.353 e. The van der Waals surface area contributed by atoms with Crippen LogP contribution in [0.25, 0.3) is 0 Å². The summed E-state index contributed by atoms with van der Waals surface area (Å²) in [7, 11) is 0. The zero-order chi connectivity index (χ0) is 13.0. The fraction of sp³-hybridized carbons (Fsp3) is 0.462. The molecule has 0 bridgehead atoms. The van der Waals surface area contributed by atoms with Crippen molar-refractivity contribution in [2.75, 3.05) is 13.1 Å². The number of carbonyl (C=O) groups is 1. The van der Waals surface area contributed by atoms with Gasteiger partial charge in [-0.05, 0) is 43.6 Å². The van der Waals surface area contributed by atoms with E-state index in [-0.39, 0.29) is 18.4 Å². The number of nitrogens with one attached hydrogen (secondary N) is 2. The second-order valence-electron chi connectivity index (χ2n) is 4.52. The summed E-state index contributed by atoms with van der Waals surface area (Å²) in [6.45, 7) is 1.80. The van der Waals surface area contributed by atoms with E-state index in [0.29, 0.717) is 5.56 Å². The van der Waals surface area contributed by atoms with Crippen LogP contribution in [-0.4, -0.2) is 25.0 Å². The Kier molecular flexibility index (Phi) is 4.25. The lowest BCUT2D eigenvalue weighted by Crippen LogP contribution is -2.43. The Morgan fingerprint density at radius 1 is 1.28 bits per heavy atom. The van der Waals surface area contributed by atoms with Crippen LogP contribution < -0.4 is 10.6 Å². The third kappa shape index (κ3) is 3.50. The predicted octanol–water partition coefficient (Wildman–Crippen LogP) is 1.38. The summed E-state index contributed by atoms with van der Waals surface area (Å²) < 4.78 is 25.7. The summed E-state index contributed by atoms with van der Waals surface area (Å²) >= 11 is 0. The van der Waals surface area contributed by atoms with Gasteiger partial charge < -0.3 is 10.6 Å². The minimum atomic E-state index is -0.915. The van der Waals surface area contributed by atoms with Crippen LogP contribution >= 0.6 is 0 Å². The molecular weight excluding hydrogens is 238 g/mol. The minimum absolute atomic E-state index is 0.0845. The lowest BCUT2D eigenvalue weighted by molar-refractivity contribution is -0.121. The highest BCUT2D eigenvalue weighted by atomic mass is 19.2. The van der Waals surface area contributed by atoms with E-state index >= 15 is 0 Å². The van der Waals surface area contributed by atoms with Crippen molar-refractivity contribution in [3.8, 4) is 0 Å². The molecule has 1 aromatic carbocycles. The highest BCUT2D eigenvalue weighted by Crippen LogP contribution is 2.10. The highest BCUT2D eigenvalue weighted by Gasteiger charge is 2.15. The molecule has 98 valence electrons. The molecule has 1 amide bonds. The molecular formula is C13H16F2N2O. The number of hydrogen-bond donors (Lipinski definition) is 2. The molecule has 1 saturated heterocycles. The number of amides is 1. The Balaban J connectivity index is 1.88. The van der Waals surface area contributed by atoms with Gasteiger partial charge in [-0.15, -0.1) is 0 Å². The van der Waals surface area contributed by atoms with Gasteiger partial charge >= 0.3 is 0 Å². The van der Waals surface area contributed by atoms with E-state index in [0.717, 1.165) is 38.1 Å². The van der Waals surface area contributed by atoms with Gasteiger partial charge in [0.1, 0.15) is 0 Å². The molecule has 1 aromatic rings. The molecule has 1 fully saturated rings. The Hall–Kier alpha value is -1.49. The second-order valence-corrected chi connectivity index (χ2v) is 4.52. The van der Waals surface area contributed by atoms with Crippen LogP contribution in [0.15, 0.2) is 18.2 Å². The summed E-state index contributed by atoms with van der Waals surface area (Å²) in [6.07, 6.45) is 1.90. The average Bonchev–Trinajstić information content (AvgIpc) is 2.35. The molecule has 3 nitrogen and oxygen atoms in total. The van der Waals surface area contributed by atoms with E-state index in [9.17, 15) is 13.6 Å². The number of benzene rings is 1. The van der Waals surface area contributed by atoms with Crippen LogP contribution in [0.4, 0.5) is 8.78 Å². The van der Waals surface area contributed by atoms with Crippen molar-refractivity contribution in [2.45, 2.75) is 25.3 Å². The molecule has 0 spiro atoms. The molecule has 1 aliphatic rings. The van der Waals surface area contributed by atoms with Crippen LogP contribution in [-0.2, 0) is 11.2 Å². The number of piperidine rings is 1. The zero-order valence-electron chi connectivity index (χ0n) is 10.0. The molecule has 2 rings (SSSR count). The summed E-state index contributed by atoms with van der Waals surface area (Å²) in [5.41, 5.74) is 0.486. The van der Waals surface area contributed by atoms with Crippen molar-refractivity contribution in [1.29, 1.82) is 0 Å². The maximum absolute atomic E-state index is 13.0. The molecule has 0 aliphatic carbocycles. The first kappa shape index (κ1) is 13.0. The van der Waals surface area contributed by atoms with Crippen molar-refractivity contribution in [3.63, 3.8) is 0 Å². The predicted molar refractivity (Wildman–Crippen MR) is 64.1 cm³/mol. The van der Waals surface area contributed by atoms with E-state index < -0.39 is 11.6 Å². The number of hydrogen-bond acceptors (Lipinski definition) is 2. The third-order valence-electron chi connectivity index (χ3n) is 3.05. The normalized spacial score (nSPS) is 16.6. The summed E-state index contributed by atoms with van der Waals surface area (Å²) in [5, 5.41) is 6.12. The first-order valence-electron chi connectivity index (χ1n) is 6.09. The Morgan fingerprint density at radius 2 is 2.00 bits per heavy atom.